The second kappa shape index (κ2) is 6.36. The number of morpholine rings is 1. The largest absolute Gasteiger partial charge is 0.454 e. The zero-order valence-electron chi connectivity index (χ0n) is 14.1. The quantitative estimate of drug-likeness (QED) is 0.842. The number of amides is 1. The van der Waals surface area contributed by atoms with E-state index in [4.69, 9.17) is 18.6 Å². The molecule has 25 heavy (non-hydrogen) atoms. The summed E-state index contributed by atoms with van der Waals surface area (Å²) in [5.74, 6) is 2.29. The van der Waals surface area contributed by atoms with Crippen molar-refractivity contribution in [2.45, 2.75) is 25.9 Å². The lowest BCUT2D eigenvalue weighted by molar-refractivity contribution is -0.0351. The van der Waals surface area contributed by atoms with Crippen LogP contribution in [0.15, 0.2) is 22.6 Å². The number of hydrogen-bond donors (Lipinski definition) is 0. The first-order chi connectivity index (χ1) is 12.1. The molecule has 1 unspecified atom stereocenters. The van der Waals surface area contributed by atoms with Crippen LogP contribution in [-0.2, 0) is 4.74 Å². The average Bonchev–Trinajstić information content (AvgIpc) is 3.30. The lowest BCUT2D eigenvalue weighted by Gasteiger charge is -2.31. The summed E-state index contributed by atoms with van der Waals surface area (Å²) in [6.07, 6.45) is -0.410. The zero-order chi connectivity index (χ0) is 17.4. The minimum absolute atomic E-state index is 0.0878. The van der Waals surface area contributed by atoms with Crippen molar-refractivity contribution in [3.05, 3.63) is 35.5 Å². The van der Waals surface area contributed by atoms with Gasteiger partial charge in [-0.25, -0.2) is 0 Å². The van der Waals surface area contributed by atoms with E-state index in [0.717, 1.165) is 0 Å². The fourth-order valence-corrected chi connectivity index (χ4v) is 2.81. The number of rotatable bonds is 3. The van der Waals surface area contributed by atoms with Gasteiger partial charge in [0.1, 0.15) is 0 Å². The maximum Gasteiger partial charge on any atom is 0.254 e. The first-order valence-corrected chi connectivity index (χ1v) is 8.25. The lowest BCUT2D eigenvalue weighted by atomic mass is 10.1. The van der Waals surface area contributed by atoms with Gasteiger partial charge in [0.25, 0.3) is 5.91 Å². The SMILES string of the molecule is CC(C)c1nnc(C2CN(C(=O)c3ccc4c(c3)OCO4)CCO2)o1. The van der Waals surface area contributed by atoms with E-state index < -0.39 is 6.10 Å². The average molecular weight is 345 g/mol. The number of aromatic nitrogens is 2. The molecule has 0 saturated carbocycles. The van der Waals surface area contributed by atoms with E-state index in [-0.39, 0.29) is 18.6 Å². The van der Waals surface area contributed by atoms with Crippen molar-refractivity contribution in [3.8, 4) is 11.5 Å². The van der Waals surface area contributed by atoms with Gasteiger partial charge in [-0.05, 0) is 18.2 Å². The standard InChI is InChI=1S/C17H19N3O5/c1-10(2)15-18-19-16(25-15)14-8-20(5-6-22-14)17(21)11-3-4-12-13(7-11)24-9-23-12/h3-4,7,10,14H,5-6,8-9H2,1-2H3. The number of nitrogens with zero attached hydrogens (tertiary/aromatic N) is 3. The van der Waals surface area contributed by atoms with E-state index in [2.05, 4.69) is 10.2 Å². The molecule has 2 aromatic rings. The van der Waals surface area contributed by atoms with Gasteiger partial charge in [0.2, 0.25) is 18.6 Å². The molecule has 1 saturated heterocycles. The highest BCUT2D eigenvalue weighted by Gasteiger charge is 2.30. The summed E-state index contributed by atoms with van der Waals surface area (Å²) in [6.45, 7) is 5.44. The Balaban J connectivity index is 1.49. The van der Waals surface area contributed by atoms with Gasteiger partial charge < -0.3 is 23.5 Å². The van der Waals surface area contributed by atoms with Crippen LogP contribution in [0.4, 0.5) is 0 Å². The predicted molar refractivity (Wildman–Crippen MR) is 85.5 cm³/mol. The van der Waals surface area contributed by atoms with Crippen molar-refractivity contribution < 1.29 is 23.4 Å². The summed E-state index contributed by atoms with van der Waals surface area (Å²) in [4.78, 5) is 14.5. The van der Waals surface area contributed by atoms with Crippen LogP contribution in [-0.4, -0.2) is 47.5 Å². The van der Waals surface area contributed by atoms with E-state index in [1.807, 2.05) is 13.8 Å². The van der Waals surface area contributed by atoms with Gasteiger partial charge >= 0.3 is 0 Å². The van der Waals surface area contributed by atoms with Crippen LogP contribution in [0, 0.1) is 0 Å². The number of fused-ring (bicyclic) bond motifs is 1. The van der Waals surface area contributed by atoms with Crippen LogP contribution < -0.4 is 9.47 Å². The highest BCUT2D eigenvalue weighted by atomic mass is 16.7. The summed E-state index contributed by atoms with van der Waals surface area (Å²) in [5, 5.41) is 8.09. The Kier molecular flexibility index (Phi) is 4.04. The molecule has 1 amide bonds. The second-order valence-electron chi connectivity index (χ2n) is 6.31. The first-order valence-electron chi connectivity index (χ1n) is 8.25. The van der Waals surface area contributed by atoms with Crippen LogP contribution in [0.1, 0.15) is 48.0 Å². The third-order valence-corrected chi connectivity index (χ3v) is 4.20. The van der Waals surface area contributed by atoms with Crippen LogP contribution in [0.5, 0.6) is 11.5 Å². The third-order valence-electron chi connectivity index (χ3n) is 4.20. The number of hydrogen-bond acceptors (Lipinski definition) is 7. The van der Waals surface area contributed by atoms with E-state index in [1.165, 1.54) is 0 Å². The maximum atomic E-state index is 12.8. The number of carbonyl (C=O) groups is 1. The number of benzene rings is 1. The molecular weight excluding hydrogens is 326 g/mol. The van der Waals surface area contributed by atoms with Crippen molar-refractivity contribution in [3.63, 3.8) is 0 Å². The fraction of sp³-hybridized carbons (Fsp3) is 0.471. The maximum absolute atomic E-state index is 12.8. The van der Waals surface area contributed by atoms with Crippen molar-refractivity contribution >= 4 is 5.91 Å². The summed E-state index contributed by atoms with van der Waals surface area (Å²) in [5.41, 5.74) is 0.554. The van der Waals surface area contributed by atoms with E-state index in [1.54, 1.807) is 23.1 Å². The molecule has 1 aromatic heterocycles. The van der Waals surface area contributed by atoms with E-state index >= 15 is 0 Å². The van der Waals surface area contributed by atoms with E-state index in [0.29, 0.717) is 48.5 Å². The Hall–Kier alpha value is -2.61. The van der Waals surface area contributed by atoms with Crippen LogP contribution in [0.25, 0.3) is 0 Å². The van der Waals surface area contributed by atoms with E-state index in [9.17, 15) is 4.79 Å². The molecule has 0 radical (unpaired) electrons. The van der Waals surface area contributed by atoms with Gasteiger partial charge in [0.15, 0.2) is 17.6 Å². The van der Waals surface area contributed by atoms with Gasteiger partial charge in [-0.15, -0.1) is 10.2 Å². The predicted octanol–water partition coefficient (Wildman–Crippen LogP) is 2.14. The molecule has 2 aliphatic heterocycles. The molecule has 8 heteroatoms. The van der Waals surface area contributed by atoms with Crippen molar-refractivity contribution in [1.29, 1.82) is 0 Å². The van der Waals surface area contributed by atoms with Crippen LogP contribution in [0.2, 0.25) is 0 Å². The molecule has 4 rings (SSSR count). The zero-order valence-corrected chi connectivity index (χ0v) is 14.1. The Morgan fingerprint density at radius 2 is 2.08 bits per heavy atom. The molecular formula is C17H19N3O5. The molecule has 1 fully saturated rings. The van der Waals surface area contributed by atoms with Crippen molar-refractivity contribution in [2.24, 2.45) is 0 Å². The van der Waals surface area contributed by atoms with Gasteiger partial charge in [-0.3, -0.25) is 4.79 Å². The molecule has 132 valence electrons. The minimum Gasteiger partial charge on any atom is -0.454 e. The normalized spacial score (nSPS) is 19.5. The van der Waals surface area contributed by atoms with Crippen molar-refractivity contribution in [1.82, 2.24) is 15.1 Å². The highest BCUT2D eigenvalue weighted by molar-refractivity contribution is 5.95. The third kappa shape index (κ3) is 3.05. The first kappa shape index (κ1) is 15.9. The minimum atomic E-state index is -0.410. The Bertz CT molecular complexity index is 788. The Labute approximate surface area is 144 Å². The molecule has 1 aromatic carbocycles. The lowest BCUT2D eigenvalue weighted by Crippen LogP contribution is -2.42. The molecule has 3 heterocycles. The number of carbonyl (C=O) groups excluding carboxylic acids is 1. The fourth-order valence-electron chi connectivity index (χ4n) is 2.81. The Morgan fingerprint density at radius 3 is 2.88 bits per heavy atom. The summed E-state index contributed by atoms with van der Waals surface area (Å²) in [7, 11) is 0. The molecule has 0 N–H and O–H groups in total. The van der Waals surface area contributed by atoms with Gasteiger partial charge in [0.05, 0.1) is 13.2 Å². The summed E-state index contributed by atoms with van der Waals surface area (Å²) >= 11 is 0. The van der Waals surface area contributed by atoms with Gasteiger partial charge in [0, 0.05) is 18.0 Å². The van der Waals surface area contributed by atoms with Crippen molar-refractivity contribution in [2.75, 3.05) is 26.5 Å². The summed E-state index contributed by atoms with van der Waals surface area (Å²) in [6, 6.07) is 5.20. The second-order valence-corrected chi connectivity index (χ2v) is 6.31. The number of ether oxygens (including phenoxy) is 3. The highest BCUT2D eigenvalue weighted by Crippen LogP contribution is 2.33. The molecule has 8 nitrogen and oxygen atoms in total. The molecule has 1 atom stereocenters. The molecule has 0 aliphatic carbocycles. The smallest absolute Gasteiger partial charge is 0.254 e. The van der Waals surface area contributed by atoms with Crippen LogP contribution >= 0.6 is 0 Å². The summed E-state index contributed by atoms with van der Waals surface area (Å²) < 4.78 is 22.0. The molecule has 0 spiro atoms. The molecule has 0 bridgehead atoms. The van der Waals surface area contributed by atoms with Gasteiger partial charge in [-0.2, -0.15) is 0 Å². The monoisotopic (exact) mass is 345 g/mol. The van der Waals surface area contributed by atoms with Crippen LogP contribution in [0.3, 0.4) is 0 Å². The Morgan fingerprint density at radius 1 is 1.24 bits per heavy atom. The topological polar surface area (TPSA) is 86.9 Å². The van der Waals surface area contributed by atoms with Gasteiger partial charge in [-0.1, -0.05) is 13.8 Å². The molecule has 2 aliphatic rings.